The van der Waals surface area contributed by atoms with Crippen molar-refractivity contribution in [3.05, 3.63) is 58.3 Å². The summed E-state index contributed by atoms with van der Waals surface area (Å²) in [7, 11) is 0. The number of hydrogen-bond acceptors (Lipinski definition) is 2. The van der Waals surface area contributed by atoms with Gasteiger partial charge in [-0.3, -0.25) is 0 Å². The minimum atomic E-state index is 0.982. The molecule has 1 aromatic heterocycles. The SMILES string of the molecule is c1ccc(CCNCc2ccsc2)cc1. The number of rotatable bonds is 5. The van der Waals surface area contributed by atoms with Crippen molar-refractivity contribution in [1.29, 1.82) is 0 Å². The van der Waals surface area contributed by atoms with Crippen molar-refractivity contribution in [1.82, 2.24) is 5.32 Å². The molecule has 15 heavy (non-hydrogen) atoms. The van der Waals surface area contributed by atoms with E-state index < -0.39 is 0 Å². The van der Waals surface area contributed by atoms with E-state index in [0.29, 0.717) is 0 Å². The van der Waals surface area contributed by atoms with E-state index in [4.69, 9.17) is 0 Å². The lowest BCUT2D eigenvalue weighted by atomic mass is 10.1. The molecule has 1 nitrogen and oxygen atoms in total. The first-order valence-electron chi connectivity index (χ1n) is 5.21. The molecule has 78 valence electrons. The maximum absolute atomic E-state index is 3.44. The van der Waals surface area contributed by atoms with Crippen LogP contribution in [0.3, 0.4) is 0 Å². The van der Waals surface area contributed by atoms with E-state index in [0.717, 1.165) is 19.5 Å². The van der Waals surface area contributed by atoms with E-state index in [1.807, 2.05) is 0 Å². The second-order valence-electron chi connectivity index (χ2n) is 3.54. The van der Waals surface area contributed by atoms with Crippen molar-refractivity contribution >= 4 is 11.3 Å². The minimum Gasteiger partial charge on any atom is -0.312 e. The number of nitrogens with one attached hydrogen (secondary N) is 1. The number of thiophene rings is 1. The summed E-state index contributed by atoms with van der Waals surface area (Å²) in [5.74, 6) is 0. The van der Waals surface area contributed by atoms with Gasteiger partial charge in [-0.05, 0) is 40.9 Å². The molecule has 1 heterocycles. The summed E-state index contributed by atoms with van der Waals surface area (Å²) in [6.07, 6.45) is 1.10. The Kier molecular flexibility index (Phi) is 3.94. The summed E-state index contributed by atoms with van der Waals surface area (Å²) >= 11 is 1.75. The normalized spacial score (nSPS) is 10.4. The molecule has 0 saturated carbocycles. The fourth-order valence-electron chi connectivity index (χ4n) is 1.50. The first-order valence-corrected chi connectivity index (χ1v) is 6.15. The van der Waals surface area contributed by atoms with Gasteiger partial charge in [-0.2, -0.15) is 11.3 Å². The molecular formula is C13H15NS. The average molecular weight is 217 g/mol. The van der Waals surface area contributed by atoms with Crippen LogP contribution in [0.15, 0.2) is 47.2 Å². The molecule has 0 aliphatic rings. The van der Waals surface area contributed by atoms with Crippen molar-refractivity contribution in [2.45, 2.75) is 13.0 Å². The Labute approximate surface area is 94.8 Å². The Morgan fingerprint density at radius 1 is 1.00 bits per heavy atom. The van der Waals surface area contributed by atoms with Gasteiger partial charge in [0.05, 0.1) is 0 Å². The molecule has 2 heteroatoms. The predicted octanol–water partition coefficient (Wildman–Crippen LogP) is 3.08. The first kappa shape index (κ1) is 10.4. The van der Waals surface area contributed by atoms with Crippen LogP contribution in [-0.2, 0) is 13.0 Å². The lowest BCUT2D eigenvalue weighted by molar-refractivity contribution is 0.688. The van der Waals surface area contributed by atoms with Gasteiger partial charge in [-0.25, -0.2) is 0 Å². The van der Waals surface area contributed by atoms with Gasteiger partial charge in [0.1, 0.15) is 0 Å². The molecule has 0 unspecified atom stereocenters. The number of hydrogen-bond donors (Lipinski definition) is 1. The maximum Gasteiger partial charge on any atom is 0.0213 e. The first-order chi connectivity index (χ1) is 7.45. The molecule has 0 aliphatic heterocycles. The highest BCUT2D eigenvalue weighted by Crippen LogP contribution is 2.05. The second-order valence-corrected chi connectivity index (χ2v) is 4.32. The van der Waals surface area contributed by atoms with E-state index in [1.165, 1.54) is 11.1 Å². The summed E-state index contributed by atoms with van der Waals surface area (Å²) < 4.78 is 0. The maximum atomic E-state index is 3.44. The van der Waals surface area contributed by atoms with Crippen LogP contribution in [0.5, 0.6) is 0 Å². The predicted molar refractivity (Wildman–Crippen MR) is 66.2 cm³/mol. The fourth-order valence-corrected chi connectivity index (χ4v) is 2.17. The Morgan fingerprint density at radius 2 is 1.87 bits per heavy atom. The van der Waals surface area contributed by atoms with Crippen LogP contribution >= 0.6 is 11.3 Å². The zero-order valence-electron chi connectivity index (χ0n) is 8.65. The lowest BCUT2D eigenvalue weighted by Gasteiger charge is -2.03. The van der Waals surface area contributed by atoms with Crippen molar-refractivity contribution in [2.75, 3.05) is 6.54 Å². The van der Waals surface area contributed by atoms with Crippen molar-refractivity contribution in [3.63, 3.8) is 0 Å². The summed E-state index contributed by atoms with van der Waals surface area (Å²) in [6, 6.07) is 12.8. The Balaban J connectivity index is 1.68. The van der Waals surface area contributed by atoms with E-state index >= 15 is 0 Å². The number of benzene rings is 1. The molecular weight excluding hydrogens is 202 g/mol. The molecule has 0 aliphatic carbocycles. The summed E-state index contributed by atoms with van der Waals surface area (Å²) in [4.78, 5) is 0. The van der Waals surface area contributed by atoms with Gasteiger partial charge in [-0.15, -0.1) is 0 Å². The third-order valence-electron chi connectivity index (χ3n) is 2.34. The van der Waals surface area contributed by atoms with Crippen LogP contribution in [0.25, 0.3) is 0 Å². The summed E-state index contributed by atoms with van der Waals surface area (Å²) in [5.41, 5.74) is 2.78. The zero-order chi connectivity index (χ0) is 10.3. The van der Waals surface area contributed by atoms with Crippen LogP contribution in [0, 0.1) is 0 Å². The third kappa shape index (κ3) is 3.50. The second kappa shape index (κ2) is 5.69. The molecule has 0 saturated heterocycles. The minimum absolute atomic E-state index is 0.982. The van der Waals surface area contributed by atoms with E-state index in [-0.39, 0.29) is 0 Å². The molecule has 1 N–H and O–H groups in total. The van der Waals surface area contributed by atoms with Gasteiger partial charge in [0.25, 0.3) is 0 Å². The van der Waals surface area contributed by atoms with Crippen LogP contribution in [0.4, 0.5) is 0 Å². The topological polar surface area (TPSA) is 12.0 Å². The van der Waals surface area contributed by atoms with Gasteiger partial charge in [-0.1, -0.05) is 30.3 Å². The van der Waals surface area contributed by atoms with Crippen molar-refractivity contribution in [2.24, 2.45) is 0 Å². The van der Waals surface area contributed by atoms with Gasteiger partial charge >= 0.3 is 0 Å². The van der Waals surface area contributed by atoms with Crippen LogP contribution in [-0.4, -0.2) is 6.54 Å². The molecule has 0 spiro atoms. The van der Waals surface area contributed by atoms with Crippen molar-refractivity contribution < 1.29 is 0 Å². The monoisotopic (exact) mass is 217 g/mol. The van der Waals surface area contributed by atoms with Gasteiger partial charge < -0.3 is 5.32 Å². The lowest BCUT2D eigenvalue weighted by Crippen LogP contribution is -2.16. The Morgan fingerprint density at radius 3 is 2.60 bits per heavy atom. The molecule has 0 amide bonds. The largest absolute Gasteiger partial charge is 0.312 e. The smallest absolute Gasteiger partial charge is 0.0213 e. The van der Waals surface area contributed by atoms with Crippen molar-refractivity contribution in [3.8, 4) is 0 Å². The zero-order valence-corrected chi connectivity index (χ0v) is 9.46. The molecule has 0 fully saturated rings. The Bertz CT molecular complexity index is 367. The molecule has 2 rings (SSSR count). The van der Waals surface area contributed by atoms with E-state index in [2.05, 4.69) is 52.5 Å². The average Bonchev–Trinajstić information content (AvgIpc) is 2.79. The summed E-state index contributed by atoms with van der Waals surface area (Å²) in [5, 5.41) is 7.75. The van der Waals surface area contributed by atoms with Crippen LogP contribution in [0.1, 0.15) is 11.1 Å². The highest BCUT2D eigenvalue weighted by Gasteiger charge is 1.93. The molecule has 0 atom stereocenters. The quantitative estimate of drug-likeness (QED) is 0.759. The highest BCUT2D eigenvalue weighted by molar-refractivity contribution is 7.07. The van der Waals surface area contributed by atoms with Gasteiger partial charge in [0.2, 0.25) is 0 Å². The summed E-state index contributed by atoms with van der Waals surface area (Å²) in [6.45, 7) is 2.02. The molecule has 2 aromatic rings. The third-order valence-corrected chi connectivity index (χ3v) is 3.07. The standard InChI is InChI=1S/C13H15NS/c1-2-4-12(5-3-1)6-8-14-10-13-7-9-15-11-13/h1-5,7,9,11,14H,6,8,10H2. The highest BCUT2D eigenvalue weighted by atomic mass is 32.1. The van der Waals surface area contributed by atoms with Crippen LogP contribution in [0.2, 0.25) is 0 Å². The Hall–Kier alpha value is -1.12. The molecule has 0 bridgehead atoms. The van der Waals surface area contributed by atoms with Crippen LogP contribution < -0.4 is 5.32 Å². The van der Waals surface area contributed by atoms with Gasteiger partial charge in [0.15, 0.2) is 0 Å². The fraction of sp³-hybridized carbons (Fsp3) is 0.231. The van der Waals surface area contributed by atoms with Gasteiger partial charge in [0, 0.05) is 6.54 Å². The van der Waals surface area contributed by atoms with E-state index in [1.54, 1.807) is 11.3 Å². The van der Waals surface area contributed by atoms with E-state index in [9.17, 15) is 0 Å². The molecule has 1 aromatic carbocycles. The molecule has 0 radical (unpaired) electrons.